The van der Waals surface area contributed by atoms with Gasteiger partial charge in [-0.3, -0.25) is 0 Å². The van der Waals surface area contributed by atoms with Crippen LogP contribution in [-0.2, 0) is 0 Å². The monoisotopic (exact) mass is 310 g/mol. The first-order chi connectivity index (χ1) is 8.70. The van der Waals surface area contributed by atoms with E-state index < -0.39 is 0 Å². The van der Waals surface area contributed by atoms with Crippen LogP contribution in [0.25, 0.3) is 0 Å². The van der Waals surface area contributed by atoms with Gasteiger partial charge in [-0.1, -0.05) is 28.9 Å². The largest absolute Gasteiger partial charge is 0.370 e. The molecular formula is C15H23BrN2. The average molecular weight is 311 g/mol. The zero-order valence-electron chi connectivity index (χ0n) is 11.4. The third-order valence-corrected chi connectivity index (χ3v) is 4.11. The Labute approximate surface area is 119 Å². The van der Waals surface area contributed by atoms with Gasteiger partial charge >= 0.3 is 0 Å². The molecule has 2 nitrogen and oxygen atoms in total. The molecule has 1 aromatic rings. The summed E-state index contributed by atoms with van der Waals surface area (Å²) >= 11 is 3.58. The Morgan fingerprint density at radius 3 is 3.06 bits per heavy atom. The second-order valence-electron chi connectivity index (χ2n) is 5.17. The van der Waals surface area contributed by atoms with E-state index in [1.165, 1.54) is 41.5 Å². The van der Waals surface area contributed by atoms with E-state index in [0.717, 1.165) is 13.1 Å². The molecule has 1 aromatic carbocycles. The molecule has 0 amide bonds. The van der Waals surface area contributed by atoms with Crippen molar-refractivity contribution in [1.29, 1.82) is 0 Å². The predicted octanol–water partition coefficient (Wildman–Crippen LogP) is 3.73. The van der Waals surface area contributed by atoms with Crippen molar-refractivity contribution in [1.82, 2.24) is 5.32 Å². The Morgan fingerprint density at radius 1 is 1.44 bits per heavy atom. The summed E-state index contributed by atoms with van der Waals surface area (Å²) < 4.78 is 1.17. The summed E-state index contributed by atoms with van der Waals surface area (Å²) in [5.41, 5.74) is 2.75. The fraction of sp³-hybridized carbons (Fsp3) is 0.600. The van der Waals surface area contributed by atoms with E-state index in [2.05, 4.69) is 58.2 Å². The van der Waals surface area contributed by atoms with Gasteiger partial charge in [0.2, 0.25) is 0 Å². The van der Waals surface area contributed by atoms with Crippen molar-refractivity contribution >= 4 is 21.6 Å². The summed E-state index contributed by atoms with van der Waals surface area (Å²) in [4.78, 5) is 2.52. The summed E-state index contributed by atoms with van der Waals surface area (Å²) in [6, 6.07) is 7.22. The predicted molar refractivity (Wildman–Crippen MR) is 82.4 cm³/mol. The van der Waals surface area contributed by atoms with Gasteiger partial charge in [0, 0.05) is 29.3 Å². The number of nitrogens with zero attached hydrogens (tertiary/aromatic N) is 1. The van der Waals surface area contributed by atoms with E-state index in [4.69, 9.17) is 0 Å². The molecule has 1 aliphatic rings. The van der Waals surface area contributed by atoms with Crippen LogP contribution < -0.4 is 10.2 Å². The minimum atomic E-state index is 0.650. The first-order valence-electron chi connectivity index (χ1n) is 6.95. The van der Waals surface area contributed by atoms with Gasteiger partial charge in [0.1, 0.15) is 0 Å². The Balaban J connectivity index is 2.05. The number of nitrogens with one attached hydrogen (secondary N) is 1. The van der Waals surface area contributed by atoms with Crippen LogP contribution in [0.2, 0.25) is 0 Å². The smallest absolute Gasteiger partial charge is 0.0407 e. The molecule has 1 saturated heterocycles. The highest BCUT2D eigenvalue weighted by Crippen LogP contribution is 2.27. The van der Waals surface area contributed by atoms with Crippen molar-refractivity contribution in [2.75, 3.05) is 24.5 Å². The molecule has 0 aliphatic carbocycles. The molecular weight excluding hydrogens is 288 g/mol. The molecule has 0 radical (unpaired) electrons. The van der Waals surface area contributed by atoms with Gasteiger partial charge < -0.3 is 10.2 Å². The van der Waals surface area contributed by atoms with Crippen LogP contribution in [0.15, 0.2) is 22.7 Å². The lowest BCUT2D eigenvalue weighted by atomic mass is 10.0. The zero-order chi connectivity index (χ0) is 13.0. The van der Waals surface area contributed by atoms with Crippen molar-refractivity contribution in [2.24, 2.45) is 0 Å². The SMILES string of the molecule is CCCNC1CCCN(c2cc(Br)ccc2C)C1. The normalized spacial score (nSPS) is 20.2. The zero-order valence-corrected chi connectivity index (χ0v) is 13.0. The molecule has 18 heavy (non-hydrogen) atoms. The van der Waals surface area contributed by atoms with Crippen molar-refractivity contribution < 1.29 is 0 Å². The van der Waals surface area contributed by atoms with Crippen molar-refractivity contribution in [3.05, 3.63) is 28.2 Å². The summed E-state index contributed by atoms with van der Waals surface area (Å²) in [5.74, 6) is 0. The topological polar surface area (TPSA) is 15.3 Å². The van der Waals surface area contributed by atoms with Gasteiger partial charge in [0.05, 0.1) is 0 Å². The molecule has 2 rings (SSSR count). The third kappa shape index (κ3) is 3.48. The van der Waals surface area contributed by atoms with E-state index in [1.54, 1.807) is 0 Å². The van der Waals surface area contributed by atoms with Gasteiger partial charge in [-0.25, -0.2) is 0 Å². The molecule has 1 fully saturated rings. The first kappa shape index (κ1) is 13.9. The number of hydrogen-bond acceptors (Lipinski definition) is 2. The van der Waals surface area contributed by atoms with Crippen LogP contribution in [0.5, 0.6) is 0 Å². The van der Waals surface area contributed by atoms with Crippen LogP contribution in [0.1, 0.15) is 31.7 Å². The summed E-state index contributed by atoms with van der Waals surface area (Å²) in [6.45, 7) is 7.88. The Morgan fingerprint density at radius 2 is 2.28 bits per heavy atom. The molecule has 0 spiro atoms. The van der Waals surface area contributed by atoms with E-state index in [-0.39, 0.29) is 0 Å². The molecule has 0 aromatic heterocycles. The minimum Gasteiger partial charge on any atom is -0.370 e. The fourth-order valence-corrected chi connectivity index (χ4v) is 2.98. The maximum atomic E-state index is 3.65. The van der Waals surface area contributed by atoms with Crippen LogP contribution >= 0.6 is 15.9 Å². The second-order valence-corrected chi connectivity index (χ2v) is 6.09. The first-order valence-corrected chi connectivity index (χ1v) is 7.74. The van der Waals surface area contributed by atoms with Crippen molar-refractivity contribution in [3.8, 4) is 0 Å². The van der Waals surface area contributed by atoms with Crippen molar-refractivity contribution in [2.45, 2.75) is 39.2 Å². The lowest BCUT2D eigenvalue weighted by Gasteiger charge is -2.35. The van der Waals surface area contributed by atoms with Crippen molar-refractivity contribution in [3.63, 3.8) is 0 Å². The van der Waals surface area contributed by atoms with Crippen LogP contribution in [0, 0.1) is 6.92 Å². The number of rotatable bonds is 4. The van der Waals surface area contributed by atoms with E-state index >= 15 is 0 Å². The fourth-order valence-electron chi connectivity index (χ4n) is 2.63. The molecule has 0 bridgehead atoms. The molecule has 1 heterocycles. The molecule has 1 N–H and O–H groups in total. The van der Waals surface area contributed by atoms with Crippen LogP contribution in [0.4, 0.5) is 5.69 Å². The molecule has 1 atom stereocenters. The van der Waals surface area contributed by atoms with Gasteiger partial charge in [0.15, 0.2) is 0 Å². The number of aryl methyl sites for hydroxylation is 1. The third-order valence-electron chi connectivity index (χ3n) is 3.62. The Hall–Kier alpha value is -0.540. The quantitative estimate of drug-likeness (QED) is 0.911. The summed E-state index contributed by atoms with van der Waals surface area (Å²) in [6.07, 6.45) is 3.81. The van der Waals surface area contributed by atoms with Crippen LogP contribution in [0.3, 0.4) is 0 Å². The molecule has 1 aliphatic heterocycles. The average Bonchev–Trinajstić information content (AvgIpc) is 2.39. The lowest BCUT2D eigenvalue weighted by Crippen LogP contribution is -2.46. The highest BCUT2D eigenvalue weighted by molar-refractivity contribution is 9.10. The highest BCUT2D eigenvalue weighted by atomic mass is 79.9. The maximum Gasteiger partial charge on any atom is 0.0407 e. The minimum absolute atomic E-state index is 0.650. The number of halogens is 1. The molecule has 100 valence electrons. The van der Waals surface area contributed by atoms with Crippen LogP contribution in [-0.4, -0.2) is 25.7 Å². The van der Waals surface area contributed by atoms with Gasteiger partial charge in [-0.15, -0.1) is 0 Å². The van der Waals surface area contributed by atoms with E-state index in [9.17, 15) is 0 Å². The number of benzene rings is 1. The van der Waals surface area contributed by atoms with Gasteiger partial charge in [-0.2, -0.15) is 0 Å². The Bertz CT molecular complexity index is 392. The Kier molecular flexibility index (Phi) is 5.07. The van der Waals surface area contributed by atoms with E-state index in [1.807, 2.05) is 0 Å². The molecule has 0 saturated carbocycles. The highest BCUT2D eigenvalue weighted by Gasteiger charge is 2.20. The number of anilines is 1. The van der Waals surface area contributed by atoms with E-state index in [0.29, 0.717) is 6.04 Å². The number of piperidine rings is 1. The van der Waals surface area contributed by atoms with Gasteiger partial charge in [-0.05, 0) is 50.4 Å². The summed E-state index contributed by atoms with van der Waals surface area (Å²) in [7, 11) is 0. The second kappa shape index (κ2) is 6.58. The summed E-state index contributed by atoms with van der Waals surface area (Å²) in [5, 5.41) is 3.65. The molecule has 1 unspecified atom stereocenters. The van der Waals surface area contributed by atoms with Gasteiger partial charge in [0.25, 0.3) is 0 Å². The lowest BCUT2D eigenvalue weighted by molar-refractivity contribution is 0.423. The molecule has 3 heteroatoms. The standard InChI is InChI=1S/C15H23BrN2/c1-3-8-17-14-5-4-9-18(11-14)15-10-13(16)7-6-12(15)2/h6-7,10,14,17H,3-5,8-9,11H2,1-2H3. The maximum absolute atomic E-state index is 3.65. The number of hydrogen-bond donors (Lipinski definition) is 1.